The Morgan fingerprint density at radius 2 is 1.15 bits per heavy atom. The number of isocyanates is 4. The van der Waals surface area contributed by atoms with Crippen molar-refractivity contribution in [2.75, 3.05) is 0 Å². The molecule has 0 spiro atoms. The Kier molecular flexibility index (Phi) is 8.22. The maximum atomic E-state index is 10.00. The number of hydrogen-bond donors (Lipinski definition) is 0. The Hall–Kier alpha value is -4.04. The Morgan fingerprint density at radius 1 is 0.654 bits per heavy atom. The molecule has 0 radical (unpaired) electrons. The number of aliphatic imine (C=N–C) groups is 4. The highest BCUT2D eigenvalue weighted by Crippen LogP contribution is 2.27. The van der Waals surface area contributed by atoms with Crippen LogP contribution in [0.25, 0.3) is 0 Å². The van der Waals surface area contributed by atoms with E-state index < -0.39 is 0 Å². The lowest BCUT2D eigenvalue weighted by atomic mass is 10.1. The third-order valence-corrected chi connectivity index (χ3v) is 3.14. The standard InChI is InChI=1S/2C9H6N2O2/c1-7-2-3-8(10-5-12)4-9(7)11-6-13;1-7-8(10-5-12)3-2-4-9(7)11-6-13/h2*2-4H,1H3. The summed E-state index contributed by atoms with van der Waals surface area (Å²) in [5, 5.41) is 0. The Bertz CT molecular complexity index is 932. The average molecular weight is 348 g/mol. The fourth-order valence-corrected chi connectivity index (χ4v) is 1.84. The van der Waals surface area contributed by atoms with Crippen molar-refractivity contribution < 1.29 is 19.2 Å². The van der Waals surface area contributed by atoms with Crippen molar-refractivity contribution in [2.45, 2.75) is 13.8 Å². The van der Waals surface area contributed by atoms with E-state index >= 15 is 0 Å². The quantitative estimate of drug-likeness (QED) is 0.615. The monoisotopic (exact) mass is 348 g/mol. The number of rotatable bonds is 4. The van der Waals surface area contributed by atoms with Crippen molar-refractivity contribution in [2.24, 2.45) is 20.0 Å². The Morgan fingerprint density at radius 3 is 1.65 bits per heavy atom. The molecule has 0 aliphatic carbocycles. The topological polar surface area (TPSA) is 118 Å². The lowest BCUT2D eigenvalue weighted by Crippen LogP contribution is -1.75. The van der Waals surface area contributed by atoms with Gasteiger partial charge in [-0.25, -0.2) is 19.2 Å². The molecule has 0 N–H and O–H groups in total. The predicted octanol–water partition coefficient (Wildman–Crippen LogP) is 3.86. The van der Waals surface area contributed by atoms with Gasteiger partial charge in [-0.05, 0) is 43.7 Å². The Labute approximate surface area is 148 Å². The van der Waals surface area contributed by atoms with E-state index in [4.69, 9.17) is 0 Å². The maximum absolute atomic E-state index is 10.00. The summed E-state index contributed by atoms with van der Waals surface area (Å²) >= 11 is 0. The summed E-state index contributed by atoms with van der Waals surface area (Å²) in [5.41, 5.74) is 3.31. The van der Waals surface area contributed by atoms with Gasteiger partial charge in [0, 0.05) is 5.56 Å². The van der Waals surface area contributed by atoms with Crippen LogP contribution in [0.5, 0.6) is 0 Å². The molecular formula is C18H12N4O4. The first-order valence-electron chi connectivity index (χ1n) is 7.09. The van der Waals surface area contributed by atoms with E-state index in [9.17, 15) is 19.2 Å². The molecule has 0 aromatic heterocycles. The van der Waals surface area contributed by atoms with Crippen molar-refractivity contribution in [1.29, 1.82) is 0 Å². The number of aryl methyl sites for hydroxylation is 1. The van der Waals surface area contributed by atoms with E-state index in [0.717, 1.165) is 5.56 Å². The number of benzene rings is 2. The van der Waals surface area contributed by atoms with Gasteiger partial charge in [-0.2, -0.15) is 20.0 Å². The molecule has 8 nitrogen and oxygen atoms in total. The first-order valence-corrected chi connectivity index (χ1v) is 7.09. The van der Waals surface area contributed by atoms with Crippen LogP contribution < -0.4 is 0 Å². The smallest absolute Gasteiger partial charge is 0.211 e. The van der Waals surface area contributed by atoms with E-state index in [-0.39, 0.29) is 0 Å². The maximum Gasteiger partial charge on any atom is 0.240 e. The van der Waals surface area contributed by atoms with Gasteiger partial charge in [-0.15, -0.1) is 0 Å². The Balaban J connectivity index is 0.000000260. The summed E-state index contributed by atoms with van der Waals surface area (Å²) in [7, 11) is 0. The van der Waals surface area contributed by atoms with Gasteiger partial charge < -0.3 is 0 Å². The van der Waals surface area contributed by atoms with E-state index in [2.05, 4.69) is 20.0 Å². The number of nitrogens with zero attached hydrogens (tertiary/aromatic N) is 4. The van der Waals surface area contributed by atoms with Crippen LogP contribution in [0.15, 0.2) is 56.4 Å². The zero-order valence-electron chi connectivity index (χ0n) is 13.9. The molecule has 0 saturated carbocycles. The highest BCUT2D eigenvalue weighted by molar-refractivity contribution is 5.65. The minimum absolute atomic E-state index is 0.426. The molecule has 2 aromatic carbocycles. The molecule has 128 valence electrons. The molecule has 0 fully saturated rings. The molecule has 2 aromatic rings. The fraction of sp³-hybridized carbons (Fsp3) is 0.111. The van der Waals surface area contributed by atoms with E-state index in [1.54, 1.807) is 44.2 Å². The normalized spacial score (nSPS) is 8.38. The largest absolute Gasteiger partial charge is 0.240 e. The van der Waals surface area contributed by atoms with Crippen molar-refractivity contribution in [3.05, 3.63) is 47.5 Å². The summed E-state index contributed by atoms with van der Waals surface area (Å²) in [6.07, 6.45) is 5.69. The van der Waals surface area contributed by atoms with Gasteiger partial charge in [-0.3, -0.25) is 0 Å². The van der Waals surface area contributed by atoms with Crippen molar-refractivity contribution in [1.82, 2.24) is 0 Å². The fourth-order valence-electron chi connectivity index (χ4n) is 1.84. The second kappa shape index (κ2) is 10.7. The van der Waals surface area contributed by atoms with Gasteiger partial charge in [0.1, 0.15) is 0 Å². The van der Waals surface area contributed by atoms with Crippen LogP contribution in [0.3, 0.4) is 0 Å². The SMILES string of the molecule is Cc1c(N=C=O)cccc1N=C=O.Cc1ccc(N=C=O)cc1N=C=O. The lowest BCUT2D eigenvalue weighted by Gasteiger charge is -1.99. The van der Waals surface area contributed by atoms with Crippen LogP contribution in [-0.2, 0) is 19.2 Å². The van der Waals surface area contributed by atoms with E-state index in [1.807, 2.05) is 0 Å². The first kappa shape index (κ1) is 20.0. The third kappa shape index (κ3) is 5.87. The molecule has 26 heavy (non-hydrogen) atoms. The van der Waals surface area contributed by atoms with Crippen molar-refractivity contribution in [3.63, 3.8) is 0 Å². The summed E-state index contributed by atoms with van der Waals surface area (Å²) < 4.78 is 0. The molecule has 0 atom stereocenters. The van der Waals surface area contributed by atoms with Gasteiger partial charge in [0.25, 0.3) is 0 Å². The molecular weight excluding hydrogens is 336 g/mol. The minimum atomic E-state index is 0.426. The lowest BCUT2D eigenvalue weighted by molar-refractivity contribution is 0.564. The van der Waals surface area contributed by atoms with Crippen LogP contribution in [0.1, 0.15) is 11.1 Å². The average Bonchev–Trinajstić information content (AvgIpc) is 2.63. The minimum Gasteiger partial charge on any atom is -0.211 e. The molecule has 0 saturated heterocycles. The molecule has 2 rings (SSSR count). The number of hydrogen-bond acceptors (Lipinski definition) is 8. The zero-order valence-corrected chi connectivity index (χ0v) is 13.9. The zero-order chi connectivity index (χ0) is 19.4. The van der Waals surface area contributed by atoms with Crippen LogP contribution in [0.4, 0.5) is 22.7 Å². The second-order valence-corrected chi connectivity index (χ2v) is 4.70. The molecule has 8 heteroatoms. The number of carbonyl (C=O) groups excluding carboxylic acids is 4. The molecule has 0 heterocycles. The highest BCUT2D eigenvalue weighted by atomic mass is 16.1. The second-order valence-electron chi connectivity index (χ2n) is 4.70. The first-order chi connectivity index (χ1) is 12.6. The molecule has 0 aliphatic rings. The summed E-state index contributed by atoms with van der Waals surface area (Å²) in [4.78, 5) is 53.7. The summed E-state index contributed by atoms with van der Waals surface area (Å²) in [5.74, 6) is 0. The highest BCUT2D eigenvalue weighted by Gasteiger charge is 2.01. The molecule has 0 bridgehead atoms. The predicted molar refractivity (Wildman–Crippen MR) is 93.5 cm³/mol. The van der Waals surface area contributed by atoms with Gasteiger partial charge in [0.05, 0.1) is 22.7 Å². The van der Waals surface area contributed by atoms with E-state index in [1.165, 1.54) is 30.4 Å². The van der Waals surface area contributed by atoms with Gasteiger partial charge >= 0.3 is 0 Å². The molecule has 0 aliphatic heterocycles. The summed E-state index contributed by atoms with van der Waals surface area (Å²) in [6.45, 7) is 3.51. The third-order valence-electron chi connectivity index (χ3n) is 3.14. The molecule has 0 unspecified atom stereocenters. The van der Waals surface area contributed by atoms with Crippen molar-refractivity contribution in [3.8, 4) is 0 Å². The van der Waals surface area contributed by atoms with Crippen LogP contribution in [-0.4, -0.2) is 24.3 Å². The van der Waals surface area contributed by atoms with Gasteiger partial charge in [0.2, 0.25) is 24.3 Å². The van der Waals surface area contributed by atoms with Crippen molar-refractivity contribution >= 4 is 47.1 Å². The van der Waals surface area contributed by atoms with Gasteiger partial charge in [0.15, 0.2) is 0 Å². The van der Waals surface area contributed by atoms with Crippen LogP contribution in [0.2, 0.25) is 0 Å². The van der Waals surface area contributed by atoms with E-state index in [0.29, 0.717) is 28.3 Å². The summed E-state index contributed by atoms with van der Waals surface area (Å²) in [6, 6.07) is 9.81. The van der Waals surface area contributed by atoms with Crippen LogP contribution in [0, 0.1) is 13.8 Å². The van der Waals surface area contributed by atoms with Crippen LogP contribution >= 0.6 is 0 Å². The molecule has 0 amide bonds. The van der Waals surface area contributed by atoms with Gasteiger partial charge in [-0.1, -0.05) is 12.1 Å².